The lowest BCUT2D eigenvalue weighted by Crippen LogP contribution is -2.19. The van der Waals surface area contributed by atoms with Crippen LogP contribution in [0.4, 0.5) is 0 Å². The second-order valence-electron chi connectivity index (χ2n) is 4.00. The summed E-state index contributed by atoms with van der Waals surface area (Å²) < 4.78 is 0. The molecule has 19 heavy (non-hydrogen) atoms. The van der Waals surface area contributed by atoms with Gasteiger partial charge in [-0.25, -0.2) is 15.3 Å². The monoisotopic (exact) mass is 250 g/mol. The van der Waals surface area contributed by atoms with Gasteiger partial charge in [0.25, 0.3) is 0 Å². The van der Waals surface area contributed by atoms with Crippen LogP contribution in [0.15, 0.2) is 53.7 Å². The third kappa shape index (κ3) is 2.30. The Bertz CT molecular complexity index is 661. The molecular formula is C14H10N4O. The zero-order valence-corrected chi connectivity index (χ0v) is 9.95. The molecule has 2 heterocycles. The van der Waals surface area contributed by atoms with Gasteiger partial charge in [0.15, 0.2) is 5.84 Å². The number of nitrogens with zero attached hydrogens (tertiary/aromatic N) is 3. The standard InChI is InChI=1S/C14H10N4O/c15-9-10-4-3-5-11(8-10)14-17-13(18-19-14)12-6-1-2-7-16-12/h1-8,14H,(H,17,18). The molecule has 0 fully saturated rings. The highest BCUT2D eigenvalue weighted by molar-refractivity contribution is 5.97. The summed E-state index contributed by atoms with van der Waals surface area (Å²) in [5, 5.41) is 8.88. The molecule has 92 valence electrons. The lowest BCUT2D eigenvalue weighted by molar-refractivity contribution is 0.0376. The molecule has 5 nitrogen and oxygen atoms in total. The number of hydrogen-bond donors (Lipinski definition) is 1. The van der Waals surface area contributed by atoms with E-state index in [9.17, 15) is 0 Å². The van der Waals surface area contributed by atoms with E-state index in [-0.39, 0.29) is 0 Å². The number of aliphatic imine (C=N–C) groups is 1. The molecule has 1 atom stereocenters. The number of rotatable bonds is 2. The van der Waals surface area contributed by atoms with Crippen LogP contribution in [0.25, 0.3) is 0 Å². The van der Waals surface area contributed by atoms with Crippen LogP contribution in [0.2, 0.25) is 0 Å². The van der Waals surface area contributed by atoms with E-state index in [1.807, 2.05) is 30.3 Å². The fourth-order valence-electron chi connectivity index (χ4n) is 1.81. The van der Waals surface area contributed by atoms with Crippen LogP contribution in [0.3, 0.4) is 0 Å². The predicted octanol–water partition coefficient (Wildman–Crippen LogP) is 1.93. The van der Waals surface area contributed by atoms with Gasteiger partial charge in [-0.15, -0.1) is 0 Å². The largest absolute Gasteiger partial charge is 0.253 e. The minimum Gasteiger partial charge on any atom is -0.253 e. The smallest absolute Gasteiger partial charge is 0.202 e. The molecule has 0 spiro atoms. The molecule has 1 aromatic carbocycles. The Hall–Kier alpha value is -2.71. The summed E-state index contributed by atoms with van der Waals surface area (Å²) in [6.45, 7) is 0. The molecule has 3 rings (SSSR count). The quantitative estimate of drug-likeness (QED) is 0.884. The Labute approximate surface area is 110 Å². The number of benzene rings is 1. The molecule has 0 saturated carbocycles. The Balaban J connectivity index is 1.89. The van der Waals surface area contributed by atoms with Crippen LogP contribution >= 0.6 is 0 Å². The van der Waals surface area contributed by atoms with Gasteiger partial charge in [0, 0.05) is 11.8 Å². The Kier molecular flexibility index (Phi) is 2.93. The molecular weight excluding hydrogens is 240 g/mol. The number of amidine groups is 1. The van der Waals surface area contributed by atoms with Gasteiger partial charge in [-0.05, 0) is 24.3 Å². The van der Waals surface area contributed by atoms with Crippen molar-refractivity contribution in [2.45, 2.75) is 6.23 Å². The number of aromatic nitrogens is 1. The van der Waals surface area contributed by atoms with Gasteiger partial charge in [-0.1, -0.05) is 18.2 Å². The second kappa shape index (κ2) is 4.88. The fourth-order valence-corrected chi connectivity index (χ4v) is 1.81. The first kappa shape index (κ1) is 11.4. The van der Waals surface area contributed by atoms with E-state index in [0.29, 0.717) is 11.4 Å². The maximum Gasteiger partial charge on any atom is 0.202 e. The zero-order chi connectivity index (χ0) is 13.1. The molecule has 0 radical (unpaired) electrons. The Morgan fingerprint density at radius 3 is 2.95 bits per heavy atom. The van der Waals surface area contributed by atoms with Crippen LogP contribution < -0.4 is 5.48 Å². The van der Waals surface area contributed by atoms with Crippen molar-refractivity contribution in [1.82, 2.24) is 10.5 Å². The number of hydrogen-bond acceptors (Lipinski definition) is 5. The van der Waals surface area contributed by atoms with E-state index >= 15 is 0 Å². The van der Waals surface area contributed by atoms with Gasteiger partial charge in [0.2, 0.25) is 6.23 Å². The van der Waals surface area contributed by atoms with Gasteiger partial charge in [0.1, 0.15) is 5.69 Å². The number of nitrogens with one attached hydrogen (secondary N) is 1. The highest BCUT2D eigenvalue weighted by Crippen LogP contribution is 2.23. The molecule has 2 aromatic rings. The van der Waals surface area contributed by atoms with Crippen molar-refractivity contribution in [1.29, 1.82) is 5.26 Å². The molecule has 1 aliphatic rings. The molecule has 1 N–H and O–H groups in total. The van der Waals surface area contributed by atoms with Gasteiger partial charge in [0.05, 0.1) is 11.6 Å². The molecule has 0 amide bonds. The minimum absolute atomic E-state index is 0.453. The SMILES string of the molecule is N#Cc1cccc(C2N=C(c3ccccn3)NO2)c1. The van der Waals surface area contributed by atoms with Crippen molar-refractivity contribution in [3.63, 3.8) is 0 Å². The molecule has 0 bridgehead atoms. The Morgan fingerprint density at radius 2 is 2.16 bits per heavy atom. The summed E-state index contributed by atoms with van der Waals surface area (Å²) >= 11 is 0. The van der Waals surface area contributed by atoms with Gasteiger partial charge in [-0.2, -0.15) is 5.26 Å². The third-order valence-corrected chi connectivity index (χ3v) is 2.72. The van der Waals surface area contributed by atoms with Crippen molar-refractivity contribution in [3.05, 3.63) is 65.5 Å². The first-order valence-corrected chi connectivity index (χ1v) is 5.78. The van der Waals surface area contributed by atoms with Crippen LogP contribution in [0, 0.1) is 11.3 Å². The van der Waals surface area contributed by atoms with Gasteiger partial charge >= 0.3 is 0 Å². The van der Waals surface area contributed by atoms with Crippen molar-refractivity contribution < 1.29 is 4.84 Å². The second-order valence-corrected chi connectivity index (χ2v) is 4.00. The molecule has 1 aliphatic heterocycles. The Morgan fingerprint density at radius 1 is 1.21 bits per heavy atom. The maximum atomic E-state index is 8.88. The fraction of sp³-hybridized carbons (Fsp3) is 0.0714. The summed E-state index contributed by atoms with van der Waals surface area (Å²) in [7, 11) is 0. The lowest BCUT2D eigenvalue weighted by atomic mass is 10.1. The first-order chi connectivity index (χ1) is 9.36. The van der Waals surface area contributed by atoms with Crippen LogP contribution in [-0.2, 0) is 4.84 Å². The maximum absolute atomic E-state index is 8.88. The predicted molar refractivity (Wildman–Crippen MR) is 68.9 cm³/mol. The van der Waals surface area contributed by atoms with E-state index in [1.165, 1.54) is 0 Å². The van der Waals surface area contributed by atoms with Crippen LogP contribution in [-0.4, -0.2) is 10.8 Å². The van der Waals surface area contributed by atoms with Crippen molar-refractivity contribution in [2.24, 2.45) is 4.99 Å². The van der Waals surface area contributed by atoms with E-state index in [2.05, 4.69) is 21.5 Å². The van der Waals surface area contributed by atoms with Gasteiger partial charge in [-0.3, -0.25) is 4.98 Å². The summed E-state index contributed by atoms with van der Waals surface area (Å²) in [6, 6.07) is 14.9. The summed E-state index contributed by atoms with van der Waals surface area (Å²) in [5.41, 5.74) is 4.90. The number of nitriles is 1. The topological polar surface area (TPSA) is 70.3 Å². The van der Waals surface area contributed by atoms with Gasteiger partial charge < -0.3 is 0 Å². The minimum atomic E-state index is -0.453. The number of hydroxylamine groups is 1. The van der Waals surface area contributed by atoms with E-state index in [4.69, 9.17) is 10.1 Å². The summed E-state index contributed by atoms with van der Waals surface area (Å²) in [6.07, 6.45) is 1.24. The average molecular weight is 250 g/mol. The molecule has 1 aromatic heterocycles. The highest BCUT2D eigenvalue weighted by Gasteiger charge is 2.21. The highest BCUT2D eigenvalue weighted by atomic mass is 16.7. The number of pyridine rings is 1. The van der Waals surface area contributed by atoms with E-state index in [1.54, 1.807) is 18.3 Å². The molecule has 0 saturated heterocycles. The van der Waals surface area contributed by atoms with Crippen molar-refractivity contribution >= 4 is 5.84 Å². The third-order valence-electron chi connectivity index (χ3n) is 2.72. The first-order valence-electron chi connectivity index (χ1n) is 5.78. The normalized spacial score (nSPS) is 17.4. The molecule has 1 unspecified atom stereocenters. The lowest BCUT2D eigenvalue weighted by Gasteiger charge is -2.05. The van der Waals surface area contributed by atoms with Crippen molar-refractivity contribution in [2.75, 3.05) is 0 Å². The summed E-state index contributed by atoms with van der Waals surface area (Å²) in [4.78, 5) is 14.0. The van der Waals surface area contributed by atoms with Crippen molar-refractivity contribution in [3.8, 4) is 6.07 Å². The van der Waals surface area contributed by atoms with Crippen LogP contribution in [0.5, 0.6) is 0 Å². The van der Waals surface area contributed by atoms with Crippen LogP contribution in [0.1, 0.15) is 23.0 Å². The summed E-state index contributed by atoms with van der Waals surface area (Å²) in [5.74, 6) is 0.591. The van der Waals surface area contributed by atoms with E-state index in [0.717, 1.165) is 11.3 Å². The molecule has 0 aliphatic carbocycles. The van der Waals surface area contributed by atoms with E-state index < -0.39 is 6.23 Å². The average Bonchev–Trinajstić information content (AvgIpc) is 2.98. The zero-order valence-electron chi connectivity index (χ0n) is 9.95. The molecule has 5 heteroatoms.